The molecular weight excluding hydrogens is 381 g/mol. The minimum absolute atomic E-state index is 0.263. The standard InChI is InChI=1S/C23H28FN5O/c24-21-7-2-5-19(17-21)18-4-1-6-20(16-18)23(25)27-10-8-22(28-23)26-9-3-11-29-12-14-30-15-13-29/h1-2,4-8,10,16-17,26,28H,3,9,11-15,25H2. The molecule has 0 saturated carbocycles. The minimum Gasteiger partial charge on any atom is -0.379 e. The zero-order chi connectivity index (χ0) is 20.8. The third-order valence-electron chi connectivity index (χ3n) is 5.38. The quantitative estimate of drug-likeness (QED) is 0.613. The molecule has 0 spiro atoms. The molecule has 1 unspecified atom stereocenters. The Morgan fingerprint density at radius 3 is 2.70 bits per heavy atom. The van der Waals surface area contributed by atoms with Crippen LogP contribution in [0.15, 0.2) is 65.4 Å². The first-order valence-corrected chi connectivity index (χ1v) is 10.4. The maximum atomic E-state index is 13.6. The lowest BCUT2D eigenvalue weighted by Gasteiger charge is -2.32. The minimum atomic E-state index is -1.08. The third kappa shape index (κ3) is 5.05. The van der Waals surface area contributed by atoms with E-state index in [2.05, 4.69) is 20.5 Å². The van der Waals surface area contributed by atoms with E-state index in [0.29, 0.717) is 0 Å². The van der Waals surface area contributed by atoms with Crippen LogP contribution in [0.3, 0.4) is 0 Å². The Balaban J connectivity index is 1.37. The van der Waals surface area contributed by atoms with Crippen molar-refractivity contribution in [3.63, 3.8) is 0 Å². The number of aliphatic imine (C=N–C) groups is 1. The van der Waals surface area contributed by atoms with Gasteiger partial charge in [0.25, 0.3) is 0 Å². The number of ether oxygens (including phenoxy) is 1. The Hall–Kier alpha value is -2.74. The fraction of sp³-hybridized carbons (Fsp3) is 0.348. The van der Waals surface area contributed by atoms with Crippen molar-refractivity contribution in [3.05, 3.63) is 71.8 Å². The number of hydrogen-bond donors (Lipinski definition) is 3. The molecule has 4 N–H and O–H groups in total. The van der Waals surface area contributed by atoms with Crippen LogP contribution in [0.4, 0.5) is 4.39 Å². The van der Waals surface area contributed by atoms with Crippen molar-refractivity contribution in [2.45, 2.75) is 12.2 Å². The van der Waals surface area contributed by atoms with Gasteiger partial charge in [0.05, 0.1) is 13.2 Å². The van der Waals surface area contributed by atoms with Crippen LogP contribution < -0.4 is 16.4 Å². The number of hydrogen-bond acceptors (Lipinski definition) is 6. The fourth-order valence-corrected chi connectivity index (χ4v) is 3.71. The second-order valence-corrected chi connectivity index (χ2v) is 7.58. The first kappa shape index (κ1) is 20.5. The zero-order valence-electron chi connectivity index (χ0n) is 17.0. The summed E-state index contributed by atoms with van der Waals surface area (Å²) in [6.45, 7) is 5.52. The third-order valence-corrected chi connectivity index (χ3v) is 5.38. The van der Waals surface area contributed by atoms with E-state index >= 15 is 0 Å². The molecule has 0 amide bonds. The normalized spacial score (nSPS) is 21.7. The van der Waals surface area contributed by atoms with E-state index in [1.54, 1.807) is 12.3 Å². The largest absolute Gasteiger partial charge is 0.379 e. The Morgan fingerprint density at radius 2 is 1.90 bits per heavy atom. The van der Waals surface area contributed by atoms with Gasteiger partial charge >= 0.3 is 0 Å². The molecule has 30 heavy (non-hydrogen) atoms. The summed E-state index contributed by atoms with van der Waals surface area (Å²) >= 11 is 0. The van der Waals surface area contributed by atoms with Crippen LogP contribution in [-0.2, 0) is 10.5 Å². The van der Waals surface area contributed by atoms with E-state index in [1.165, 1.54) is 12.1 Å². The fourth-order valence-electron chi connectivity index (χ4n) is 3.71. The van der Waals surface area contributed by atoms with Gasteiger partial charge < -0.3 is 15.4 Å². The highest BCUT2D eigenvalue weighted by atomic mass is 19.1. The number of morpholine rings is 1. The smallest absolute Gasteiger partial charge is 0.210 e. The van der Waals surface area contributed by atoms with Gasteiger partial charge in [-0.2, -0.15) is 0 Å². The van der Waals surface area contributed by atoms with Crippen LogP contribution in [-0.4, -0.2) is 50.5 Å². The van der Waals surface area contributed by atoms with Crippen LogP contribution in [0.1, 0.15) is 12.0 Å². The average Bonchev–Trinajstić information content (AvgIpc) is 2.78. The van der Waals surface area contributed by atoms with Crippen molar-refractivity contribution < 1.29 is 9.13 Å². The summed E-state index contributed by atoms with van der Waals surface area (Å²) in [7, 11) is 0. The highest BCUT2D eigenvalue weighted by Gasteiger charge is 2.28. The van der Waals surface area contributed by atoms with Crippen molar-refractivity contribution >= 4 is 6.21 Å². The monoisotopic (exact) mass is 409 g/mol. The molecule has 1 atom stereocenters. The number of allylic oxidation sites excluding steroid dienone is 1. The van der Waals surface area contributed by atoms with Crippen molar-refractivity contribution in [1.29, 1.82) is 0 Å². The van der Waals surface area contributed by atoms with Crippen LogP contribution in [0.5, 0.6) is 0 Å². The summed E-state index contributed by atoms with van der Waals surface area (Å²) in [6.07, 6.45) is 4.63. The van der Waals surface area contributed by atoms with Gasteiger partial charge in [-0.15, -0.1) is 0 Å². The summed E-state index contributed by atoms with van der Waals surface area (Å²) in [6, 6.07) is 14.3. The average molecular weight is 410 g/mol. The van der Waals surface area contributed by atoms with Crippen molar-refractivity contribution in [3.8, 4) is 11.1 Å². The van der Waals surface area contributed by atoms with E-state index in [0.717, 1.165) is 68.3 Å². The SMILES string of the molecule is NC1(c2cccc(-c3cccc(F)c3)c2)N=CC=C(NCCCN2CCOCC2)N1. The van der Waals surface area contributed by atoms with E-state index in [1.807, 2.05) is 36.4 Å². The molecule has 1 fully saturated rings. The summed E-state index contributed by atoms with van der Waals surface area (Å²) in [5.74, 6) is -0.503. The first-order chi connectivity index (χ1) is 14.6. The second kappa shape index (κ2) is 9.38. The van der Waals surface area contributed by atoms with Crippen LogP contribution >= 0.6 is 0 Å². The van der Waals surface area contributed by atoms with Gasteiger partial charge in [0, 0.05) is 31.4 Å². The Morgan fingerprint density at radius 1 is 1.13 bits per heavy atom. The number of nitrogens with one attached hydrogen (secondary N) is 2. The predicted molar refractivity (Wildman–Crippen MR) is 117 cm³/mol. The lowest BCUT2D eigenvalue weighted by molar-refractivity contribution is 0.0375. The molecule has 2 aromatic rings. The molecular formula is C23H28FN5O. The maximum Gasteiger partial charge on any atom is 0.210 e. The topological polar surface area (TPSA) is 74.9 Å². The van der Waals surface area contributed by atoms with E-state index in [4.69, 9.17) is 10.5 Å². The number of nitrogens with zero attached hydrogens (tertiary/aromatic N) is 2. The van der Waals surface area contributed by atoms with Crippen LogP contribution in [0.25, 0.3) is 11.1 Å². The Kier molecular flexibility index (Phi) is 6.42. The number of nitrogens with two attached hydrogens (primary N) is 1. The molecule has 2 aliphatic rings. The predicted octanol–water partition coefficient (Wildman–Crippen LogP) is 2.39. The molecule has 7 heteroatoms. The van der Waals surface area contributed by atoms with Gasteiger partial charge in [-0.05, 0) is 48.4 Å². The first-order valence-electron chi connectivity index (χ1n) is 10.4. The molecule has 1 saturated heterocycles. The van der Waals surface area contributed by atoms with Gasteiger partial charge in [0.15, 0.2) is 0 Å². The summed E-state index contributed by atoms with van der Waals surface area (Å²) in [5.41, 5.74) is 9.08. The molecule has 0 aromatic heterocycles. The molecule has 0 bridgehead atoms. The van der Waals surface area contributed by atoms with Gasteiger partial charge in [-0.3, -0.25) is 10.6 Å². The zero-order valence-corrected chi connectivity index (χ0v) is 17.0. The van der Waals surface area contributed by atoms with Crippen molar-refractivity contribution in [2.75, 3.05) is 39.4 Å². The highest BCUT2D eigenvalue weighted by Crippen LogP contribution is 2.26. The van der Waals surface area contributed by atoms with E-state index in [9.17, 15) is 4.39 Å². The molecule has 158 valence electrons. The summed E-state index contributed by atoms with van der Waals surface area (Å²) in [5, 5.41) is 6.71. The van der Waals surface area contributed by atoms with Gasteiger partial charge in [-0.1, -0.05) is 30.3 Å². The molecule has 4 rings (SSSR count). The molecule has 0 aliphatic carbocycles. The molecule has 0 radical (unpaired) electrons. The van der Waals surface area contributed by atoms with E-state index in [-0.39, 0.29) is 5.82 Å². The highest BCUT2D eigenvalue weighted by molar-refractivity contribution is 5.74. The van der Waals surface area contributed by atoms with Crippen LogP contribution in [0, 0.1) is 5.82 Å². The Bertz CT molecular complexity index is 925. The summed E-state index contributed by atoms with van der Waals surface area (Å²) < 4.78 is 19.0. The Labute approximate surface area is 176 Å². The number of rotatable bonds is 7. The lowest BCUT2D eigenvalue weighted by Crippen LogP contribution is -2.52. The summed E-state index contributed by atoms with van der Waals surface area (Å²) in [4.78, 5) is 6.88. The molecule has 6 nitrogen and oxygen atoms in total. The van der Waals surface area contributed by atoms with Gasteiger partial charge in [0.2, 0.25) is 5.79 Å². The number of halogens is 1. The molecule has 2 aliphatic heterocycles. The van der Waals surface area contributed by atoms with Crippen molar-refractivity contribution in [1.82, 2.24) is 15.5 Å². The number of benzene rings is 2. The lowest BCUT2D eigenvalue weighted by atomic mass is 9.99. The van der Waals surface area contributed by atoms with E-state index < -0.39 is 5.79 Å². The van der Waals surface area contributed by atoms with Crippen LogP contribution in [0.2, 0.25) is 0 Å². The van der Waals surface area contributed by atoms with Crippen molar-refractivity contribution in [2.24, 2.45) is 10.7 Å². The van der Waals surface area contributed by atoms with Gasteiger partial charge in [-0.25, -0.2) is 9.38 Å². The molecule has 2 heterocycles. The maximum absolute atomic E-state index is 13.6. The second-order valence-electron chi connectivity index (χ2n) is 7.58. The van der Waals surface area contributed by atoms with Gasteiger partial charge in [0.1, 0.15) is 11.6 Å². The molecule has 2 aromatic carbocycles.